The summed E-state index contributed by atoms with van der Waals surface area (Å²) in [4.78, 5) is 17.0. The highest BCUT2D eigenvalue weighted by atomic mass is 35.5. The fourth-order valence-electron chi connectivity index (χ4n) is 3.00. The second-order valence-corrected chi connectivity index (χ2v) is 7.20. The normalized spacial score (nSPS) is 11.0. The molecule has 2 aromatic carbocycles. The monoisotopic (exact) mass is 425 g/mol. The molecule has 152 valence electrons. The third-order valence-electron chi connectivity index (χ3n) is 4.56. The highest BCUT2D eigenvalue weighted by Gasteiger charge is 2.17. The average Bonchev–Trinajstić information content (AvgIpc) is 3.30. The summed E-state index contributed by atoms with van der Waals surface area (Å²) in [6.45, 7) is 5.40. The topological polar surface area (TPSA) is 85.8 Å². The molecule has 1 N–H and O–H groups in total. The van der Waals surface area contributed by atoms with Crippen molar-refractivity contribution < 1.29 is 13.7 Å². The summed E-state index contributed by atoms with van der Waals surface area (Å²) in [5.41, 5.74) is 3.72. The van der Waals surface area contributed by atoms with E-state index < -0.39 is 11.7 Å². The van der Waals surface area contributed by atoms with Gasteiger partial charge in [-0.2, -0.15) is 10.1 Å². The van der Waals surface area contributed by atoms with Crippen LogP contribution in [0.2, 0.25) is 5.02 Å². The number of benzene rings is 2. The van der Waals surface area contributed by atoms with E-state index >= 15 is 0 Å². The van der Waals surface area contributed by atoms with E-state index in [4.69, 9.17) is 16.1 Å². The number of hydrogen-bond donors (Lipinski definition) is 1. The Labute approximate surface area is 176 Å². The van der Waals surface area contributed by atoms with Crippen molar-refractivity contribution in [2.24, 2.45) is 0 Å². The van der Waals surface area contributed by atoms with E-state index in [-0.39, 0.29) is 5.02 Å². The molecule has 2 heterocycles. The van der Waals surface area contributed by atoms with Crippen LogP contribution in [0.15, 0.2) is 47.1 Å². The molecule has 4 aromatic rings. The fraction of sp³-hybridized carbons (Fsp3) is 0.143. The quantitative estimate of drug-likeness (QED) is 0.503. The van der Waals surface area contributed by atoms with Crippen LogP contribution >= 0.6 is 11.6 Å². The van der Waals surface area contributed by atoms with Crippen LogP contribution in [0.25, 0.3) is 17.1 Å². The van der Waals surface area contributed by atoms with Crippen LogP contribution in [0.4, 0.5) is 10.1 Å². The molecule has 0 atom stereocenters. The minimum atomic E-state index is -0.478. The zero-order valence-corrected chi connectivity index (χ0v) is 17.2. The summed E-state index contributed by atoms with van der Waals surface area (Å²) in [7, 11) is 0. The Morgan fingerprint density at radius 2 is 1.97 bits per heavy atom. The van der Waals surface area contributed by atoms with Crippen LogP contribution in [-0.4, -0.2) is 25.8 Å². The van der Waals surface area contributed by atoms with Crippen LogP contribution in [0, 0.1) is 26.6 Å². The molecule has 0 unspecified atom stereocenters. The molecule has 0 aliphatic carbocycles. The minimum absolute atomic E-state index is 0.118. The largest absolute Gasteiger partial charge is 0.339 e. The molecule has 9 heteroatoms. The van der Waals surface area contributed by atoms with Gasteiger partial charge in [0.2, 0.25) is 11.7 Å². The van der Waals surface area contributed by atoms with Gasteiger partial charge in [-0.25, -0.2) is 9.07 Å². The van der Waals surface area contributed by atoms with Crippen molar-refractivity contribution in [3.05, 3.63) is 76.1 Å². The Bertz CT molecular complexity index is 1260. The van der Waals surface area contributed by atoms with Gasteiger partial charge in [-0.3, -0.25) is 4.79 Å². The van der Waals surface area contributed by atoms with Gasteiger partial charge in [-0.1, -0.05) is 28.9 Å². The molecule has 7 nitrogen and oxygen atoms in total. The predicted molar refractivity (Wildman–Crippen MR) is 110 cm³/mol. The number of nitrogens with one attached hydrogen (secondary N) is 1. The van der Waals surface area contributed by atoms with Crippen LogP contribution < -0.4 is 5.32 Å². The number of nitrogens with zero attached hydrogens (tertiary/aromatic N) is 4. The van der Waals surface area contributed by atoms with E-state index in [2.05, 4.69) is 20.6 Å². The number of aryl methyl sites for hydroxylation is 3. The number of rotatable bonds is 4. The zero-order chi connectivity index (χ0) is 21.4. The lowest BCUT2D eigenvalue weighted by Crippen LogP contribution is -2.12. The van der Waals surface area contributed by atoms with Crippen LogP contribution in [0.3, 0.4) is 0 Å². The maximum Gasteiger partial charge on any atom is 0.259 e. The molecule has 4 rings (SSSR count). The zero-order valence-electron chi connectivity index (χ0n) is 16.4. The highest BCUT2D eigenvalue weighted by Crippen LogP contribution is 2.25. The molecule has 2 aromatic heterocycles. The highest BCUT2D eigenvalue weighted by molar-refractivity contribution is 6.33. The predicted octanol–water partition coefficient (Wildman–Crippen LogP) is 4.89. The molecule has 0 radical (unpaired) electrons. The van der Waals surface area contributed by atoms with Gasteiger partial charge in [0.25, 0.3) is 5.91 Å². The third-order valence-corrected chi connectivity index (χ3v) is 4.88. The molecule has 0 fully saturated rings. The summed E-state index contributed by atoms with van der Waals surface area (Å²) in [6.07, 6.45) is 1.63. The van der Waals surface area contributed by atoms with Crippen molar-refractivity contribution in [1.29, 1.82) is 0 Å². The SMILES string of the molecule is Cc1nc(-c2ccc(C)c(-n3cc(C(=O)Nc4ccc(F)cc4Cl)c(C)n3)c2)no1. The number of carbonyl (C=O) groups excluding carboxylic acids is 1. The molecule has 0 aliphatic heterocycles. The lowest BCUT2D eigenvalue weighted by molar-refractivity contribution is 0.102. The van der Waals surface area contributed by atoms with E-state index in [9.17, 15) is 9.18 Å². The summed E-state index contributed by atoms with van der Waals surface area (Å²) < 4.78 is 19.9. The molecule has 0 saturated heterocycles. The van der Waals surface area contributed by atoms with Crippen molar-refractivity contribution >= 4 is 23.2 Å². The van der Waals surface area contributed by atoms with Crippen molar-refractivity contribution in [3.8, 4) is 17.1 Å². The molecule has 0 spiro atoms. The van der Waals surface area contributed by atoms with Gasteiger partial charge >= 0.3 is 0 Å². The van der Waals surface area contributed by atoms with E-state index in [0.717, 1.165) is 22.9 Å². The average molecular weight is 426 g/mol. The summed E-state index contributed by atoms with van der Waals surface area (Å²) in [6, 6.07) is 9.48. The maximum absolute atomic E-state index is 13.2. The lowest BCUT2D eigenvalue weighted by atomic mass is 10.1. The van der Waals surface area contributed by atoms with Gasteiger partial charge in [0.15, 0.2) is 0 Å². The Morgan fingerprint density at radius 3 is 2.67 bits per heavy atom. The van der Waals surface area contributed by atoms with Gasteiger partial charge in [0.1, 0.15) is 5.82 Å². The van der Waals surface area contributed by atoms with E-state index in [0.29, 0.717) is 28.7 Å². The van der Waals surface area contributed by atoms with Crippen molar-refractivity contribution in [2.75, 3.05) is 5.32 Å². The standard InChI is InChI=1S/C21H17ClFN5O2/c1-11-4-5-14(20-24-13(3)30-27-20)8-19(11)28-10-16(12(2)26-28)21(29)25-18-7-6-15(23)9-17(18)22/h4-10H,1-3H3,(H,25,29). The number of anilines is 1. The first-order chi connectivity index (χ1) is 14.3. The first-order valence-corrected chi connectivity index (χ1v) is 9.44. The number of amides is 1. The van der Waals surface area contributed by atoms with Gasteiger partial charge in [-0.05, 0) is 43.7 Å². The Balaban J connectivity index is 1.66. The number of halogens is 2. The van der Waals surface area contributed by atoms with E-state index in [1.165, 1.54) is 12.1 Å². The van der Waals surface area contributed by atoms with E-state index in [1.54, 1.807) is 24.7 Å². The van der Waals surface area contributed by atoms with Crippen molar-refractivity contribution in [2.45, 2.75) is 20.8 Å². The minimum Gasteiger partial charge on any atom is -0.339 e. The van der Waals surface area contributed by atoms with Gasteiger partial charge < -0.3 is 9.84 Å². The first-order valence-electron chi connectivity index (χ1n) is 9.06. The molecule has 30 heavy (non-hydrogen) atoms. The molecule has 0 saturated carbocycles. The summed E-state index contributed by atoms with van der Waals surface area (Å²) >= 11 is 6.01. The molecule has 0 bridgehead atoms. The molecule has 0 aliphatic rings. The second kappa shape index (κ2) is 7.72. The van der Waals surface area contributed by atoms with Crippen LogP contribution in [-0.2, 0) is 0 Å². The second-order valence-electron chi connectivity index (χ2n) is 6.79. The van der Waals surface area contributed by atoms with Gasteiger partial charge in [-0.15, -0.1) is 0 Å². The fourth-order valence-corrected chi connectivity index (χ4v) is 3.21. The molecular formula is C21H17ClFN5O2. The van der Waals surface area contributed by atoms with E-state index in [1.807, 2.05) is 25.1 Å². The Kier molecular flexibility index (Phi) is 5.09. The van der Waals surface area contributed by atoms with Gasteiger partial charge in [0.05, 0.1) is 27.7 Å². The van der Waals surface area contributed by atoms with Crippen molar-refractivity contribution in [3.63, 3.8) is 0 Å². The first kappa shape index (κ1) is 19.8. The Morgan fingerprint density at radius 1 is 1.17 bits per heavy atom. The lowest BCUT2D eigenvalue weighted by Gasteiger charge is -2.07. The maximum atomic E-state index is 13.2. The van der Waals surface area contributed by atoms with Crippen LogP contribution in [0.5, 0.6) is 0 Å². The molecular weight excluding hydrogens is 409 g/mol. The van der Waals surface area contributed by atoms with Gasteiger partial charge in [0, 0.05) is 18.7 Å². The molecule has 1 amide bonds. The number of aromatic nitrogens is 4. The summed E-state index contributed by atoms with van der Waals surface area (Å²) in [5.74, 6) is 0.0750. The number of carbonyl (C=O) groups is 1. The number of hydrogen-bond acceptors (Lipinski definition) is 5. The van der Waals surface area contributed by atoms with Crippen molar-refractivity contribution in [1.82, 2.24) is 19.9 Å². The Hall–Kier alpha value is -3.52. The summed E-state index contributed by atoms with van der Waals surface area (Å²) in [5, 5.41) is 11.2. The van der Waals surface area contributed by atoms with Crippen LogP contribution in [0.1, 0.15) is 27.5 Å². The third kappa shape index (κ3) is 3.81. The smallest absolute Gasteiger partial charge is 0.259 e.